The van der Waals surface area contributed by atoms with Crippen LogP contribution in [0.1, 0.15) is 28.8 Å². The van der Waals surface area contributed by atoms with Gasteiger partial charge in [0, 0.05) is 78.8 Å². The number of aryl methyl sites for hydroxylation is 1. The van der Waals surface area contributed by atoms with Gasteiger partial charge in [0.25, 0.3) is 0 Å². The molecule has 1 N–H and O–H groups in total. The lowest BCUT2D eigenvalue weighted by Crippen LogP contribution is -2.48. The van der Waals surface area contributed by atoms with Crippen LogP contribution in [0.2, 0.25) is 0 Å². The zero-order valence-corrected chi connectivity index (χ0v) is 36.9. The maximum absolute atomic E-state index is 13.8. The van der Waals surface area contributed by atoms with Gasteiger partial charge in [0.2, 0.25) is 0 Å². The predicted octanol–water partition coefficient (Wildman–Crippen LogP) is 9.92. The van der Waals surface area contributed by atoms with Crippen molar-refractivity contribution >= 4 is 51.3 Å². The third-order valence-corrected chi connectivity index (χ3v) is 17.3. The topological polar surface area (TPSA) is 77.2 Å². The van der Waals surface area contributed by atoms with E-state index in [0.29, 0.717) is 23.5 Å². The Labute approximate surface area is 370 Å². The first-order valence-corrected chi connectivity index (χ1v) is 23.9. The molecule has 2 aliphatic heterocycles. The first-order valence-electron chi connectivity index (χ1n) is 21.9. The van der Waals surface area contributed by atoms with E-state index in [-0.39, 0.29) is 17.0 Å². The van der Waals surface area contributed by atoms with Crippen molar-refractivity contribution in [3.05, 3.63) is 191 Å². The summed E-state index contributed by atoms with van der Waals surface area (Å²) in [5, 5.41) is 15.0. The van der Waals surface area contributed by atoms with Crippen molar-refractivity contribution in [2.75, 3.05) is 57.4 Å². The van der Waals surface area contributed by atoms with Crippen LogP contribution >= 0.6 is 7.26 Å². The van der Waals surface area contributed by atoms with Gasteiger partial charge in [-0.05, 0) is 128 Å². The van der Waals surface area contributed by atoms with E-state index in [1.807, 2.05) is 67.4 Å². The van der Waals surface area contributed by atoms with Gasteiger partial charge in [-0.1, -0.05) is 66.7 Å². The lowest BCUT2D eigenvalue weighted by atomic mass is 9.90. The molecule has 316 valence electrons. The van der Waals surface area contributed by atoms with Gasteiger partial charge in [0.05, 0.1) is 12.7 Å². The molecule has 6 aromatic rings. The summed E-state index contributed by atoms with van der Waals surface area (Å²) in [5.74, 6) is 0.838. The number of unbranched alkanes of at least 4 members (excludes halogenated alkanes) is 1. The first-order chi connectivity index (χ1) is 30.8. The number of anilines is 2. The molecular weight excluding hydrogens is 798 g/mol. The normalized spacial score (nSPS) is 13.7. The van der Waals surface area contributed by atoms with Gasteiger partial charge in [-0.25, -0.2) is 0 Å². The summed E-state index contributed by atoms with van der Waals surface area (Å²) >= 11 is 0. The molecule has 0 amide bonds. The Morgan fingerprint density at radius 1 is 0.651 bits per heavy atom. The summed E-state index contributed by atoms with van der Waals surface area (Å²) in [4.78, 5) is 33.2. The molecule has 63 heavy (non-hydrogen) atoms. The van der Waals surface area contributed by atoms with Crippen molar-refractivity contribution in [1.82, 2.24) is 9.80 Å². The summed E-state index contributed by atoms with van der Waals surface area (Å²) in [6.45, 7) is 7.15. The fraction of sp³-hybridized carbons (Fsp3) is 0.200. The third kappa shape index (κ3) is 8.83. The number of carbonyl (C=O) groups excluding carboxylic acids is 1. The van der Waals surface area contributed by atoms with Crippen LogP contribution in [0.4, 0.5) is 11.4 Å². The second-order valence-electron chi connectivity index (χ2n) is 16.7. The van der Waals surface area contributed by atoms with Crippen LogP contribution in [-0.4, -0.2) is 73.2 Å². The summed E-state index contributed by atoms with van der Waals surface area (Å²) in [5.41, 5.74) is 6.80. The molecule has 0 saturated carbocycles. The minimum Gasteiger partial charge on any atom is -0.508 e. The monoisotopic (exact) mass is 850 g/mol. The molecule has 0 atom stereocenters. The molecule has 0 bridgehead atoms. The number of benzene rings is 7. The van der Waals surface area contributed by atoms with Crippen LogP contribution in [0.25, 0.3) is 33.4 Å². The minimum absolute atomic E-state index is 0.122. The van der Waals surface area contributed by atoms with Crippen LogP contribution in [0.3, 0.4) is 0 Å². The number of ketones is 1. The van der Waals surface area contributed by atoms with Gasteiger partial charge in [0.1, 0.15) is 40.3 Å². The zero-order chi connectivity index (χ0) is 43.3. The Bertz CT molecular complexity index is 2760. The lowest BCUT2D eigenvalue weighted by molar-refractivity contribution is 0.0851. The van der Waals surface area contributed by atoms with Gasteiger partial charge in [-0.2, -0.15) is 0 Å². The van der Waals surface area contributed by atoms with Crippen LogP contribution < -0.4 is 26.2 Å². The van der Waals surface area contributed by atoms with Crippen molar-refractivity contribution < 1.29 is 14.3 Å². The van der Waals surface area contributed by atoms with E-state index in [4.69, 9.17) is 4.42 Å². The molecule has 1 fully saturated rings. The Hall–Kier alpha value is -6.37. The quantitative estimate of drug-likeness (QED) is 0.0506. The maximum atomic E-state index is 13.8. The number of carbonyl (C=O) groups is 1. The molecule has 6 aromatic carbocycles. The van der Waals surface area contributed by atoms with Gasteiger partial charge in [0.15, 0.2) is 11.2 Å². The van der Waals surface area contributed by atoms with Gasteiger partial charge < -0.3 is 19.3 Å². The number of fused-ring (bicyclic) bond motifs is 2. The summed E-state index contributed by atoms with van der Waals surface area (Å²) in [6.07, 6.45) is 3.41. The Morgan fingerprint density at radius 3 is 1.86 bits per heavy atom. The molecule has 8 heteroatoms. The summed E-state index contributed by atoms with van der Waals surface area (Å²) in [7, 11) is 0.131. The zero-order valence-electron chi connectivity index (χ0n) is 36.0. The van der Waals surface area contributed by atoms with E-state index in [2.05, 4.69) is 107 Å². The van der Waals surface area contributed by atoms with Crippen molar-refractivity contribution in [1.29, 1.82) is 0 Å². The van der Waals surface area contributed by atoms with Crippen LogP contribution in [0.15, 0.2) is 179 Å². The van der Waals surface area contributed by atoms with Crippen LogP contribution in [0, 0.1) is 6.92 Å². The minimum atomic E-state index is -1.83. The average Bonchev–Trinajstić information content (AvgIpc) is 3.32. The summed E-state index contributed by atoms with van der Waals surface area (Å²) in [6, 6.07) is 57.5. The Morgan fingerprint density at radius 2 is 1.24 bits per heavy atom. The van der Waals surface area contributed by atoms with E-state index < -0.39 is 7.26 Å². The van der Waals surface area contributed by atoms with Crippen molar-refractivity contribution in [2.24, 2.45) is 0 Å². The number of rotatable bonds is 14. The molecule has 3 aliphatic rings. The number of piperazine rings is 1. The number of hydrogen-bond acceptors (Lipinski definition) is 7. The molecule has 0 unspecified atom stereocenters. The number of aromatic hydroxyl groups is 1. The summed E-state index contributed by atoms with van der Waals surface area (Å²) < 4.78 is 6.39. The molecule has 1 aliphatic carbocycles. The van der Waals surface area contributed by atoms with Gasteiger partial charge in [-0.3, -0.25) is 14.5 Å². The molecule has 9 rings (SSSR count). The number of phenolic OH excluding ortho intramolecular Hbond substituents is 1. The first kappa shape index (κ1) is 42.0. The number of hydrogen-bond donors (Lipinski definition) is 1. The van der Waals surface area contributed by atoms with Crippen molar-refractivity contribution in [3.63, 3.8) is 0 Å². The highest BCUT2D eigenvalue weighted by atomic mass is 31.2. The van der Waals surface area contributed by atoms with Gasteiger partial charge >= 0.3 is 0 Å². The van der Waals surface area contributed by atoms with Crippen LogP contribution in [0.5, 0.6) is 5.75 Å². The SMILES string of the molecule is Cc1cc(C(=O)CN2CCN(CCCC[P+](c3ccccc3)(c3ccccc3)c3ccccc3)CC2)ccc1-c1c2ccc(=O)cc-2oc2cc(N(C)c3ccc(O)cc3)ccc12. The van der Waals surface area contributed by atoms with Crippen molar-refractivity contribution in [2.45, 2.75) is 19.8 Å². The number of Topliss-reactive ketones (excluding diaryl/α,β-unsaturated/α-hetero) is 1. The van der Waals surface area contributed by atoms with E-state index in [1.165, 1.54) is 22.0 Å². The number of phenols is 1. The smallest absolute Gasteiger partial charge is 0.182 e. The molecule has 0 radical (unpaired) electrons. The highest BCUT2D eigenvalue weighted by molar-refractivity contribution is 7.95. The second-order valence-corrected chi connectivity index (χ2v) is 20.3. The molecule has 0 aromatic heterocycles. The molecule has 0 spiro atoms. The van der Waals surface area contributed by atoms with Crippen LogP contribution in [-0.2, 0) is 0 Å². The largest absolute Gasteiger partial charge is 0.508 e. The molecule has 2 heterocycles. The standard InChI is InChI=1S/C55H52N3O4P/c1-40-36-41(20-27-49(40)55-50-28-23-43(56(2)42-21-24-44(59)25-22-42)37-53(50)62-54-38-45(60)26-29-51(54)55)52(61)39-58-33-31-57(32-34-58)30-12-13-35-63(46-14-6-3-7-15-46,47-16-8-4-9-17-47)48-18-10-5-11-19-48/h3-11,14-29,36-38H,12-13,30-35,39H2,1-2H3/p+1. The lowest BCUT2D eigenvalue weighted by Gasteiger charge is -2.34. The van der Waals surface area contributed by atoms with Gasteiger partial charge in [-0.15, -0.1) is 0 Å². The fourth-order valence-corrected chi connectivity index (χ4v) is 13.7. The van der Waals surface area contributed by atoms with E-state index in [9.17, 15) is 14.7 Å². The maximum Gasteiger partial charge on any atom is 0.182 e. The highest BCUT2D eigenvalue weighted by Gasteiger charge is 2.44. The fourth-order valence-electron chi connectivity index (χ4n) is 9.33. The Kier molecular flexibility index (Phi) is 12.3. The molecule has 1 saturated heterocycles. The van der Waals surface area contributed by atoms with Crippen molar-refractivity contribution in [3.8, 4) is 28.2 Å². The average molecular weight is 851 g/mol. The predicted molar refractivity (Wildman–Crippen MR) is 262 cm³/mol. The molecular formula is C55H53N3O4P+. The molecule has 7 nitrogen and oxygen atoms in total. The third-order valence-electron chi connectivity index (χ3n) is 12.8. The number of nitrogens with zero attached hydrogens (tertiary/aromatic N) is 3. The van der Waals surface area contributed by atoms with E-state index >= 15 is 0 Å². The van der Waals surface area contributed by atoms with E-state index in [0.717, 1.165) is 90.7 Å². The van der Waals surface area contributed by atoms with E-state index in [1.54, 1.807) is 18.2 Å². The Balaban J connectivity index is 0.856. The second kappa shape index (κ2) is 18.5. The highest BCUT2D eigenvalue weighted by Crippen LogP contribution is 2.56.